The lowest BCUT2D eigenvalue weighted by Crippen LogP contribution is -2.61. The first kappa shape index (κ1) is 8.02. The molecule has 0 saturated heterocycles. The topological polar surface area (TPSA) is 53.7 Å². The Labute approximate surface area is 63.0 Å². The van der Waals surface area contributed by atoms with E-state index in [2.05, 4.69) is 5.73 Å². The summed E-state index contributed by atoms with van der Waals surface area (Å²) in [5.41, 5.74) is 9.91. The maximum Gasteiger partial charge on any atom is 0.0843 e. The molecule has 2 heteroatoms. The Morgan fingerprint density at radius 1 is 1.00 bits per heavy atom. The maximum atomic E-state index is 5.83. The van der Waals surface area contributed by atoms with Gasteiger partial charge in [-0.1, -0.05) is 0 Å². The van der Waals surface area contributed by atoms with Crippen LogP contribution in [-0.2, 0) is 0 Å². The summed E-state index contributed by atoms with van der Waals surface area (Å²) in [6.45, 7) is 0. The molecule has 0 aromatic carbocycles. The predicted molar refractivity (Wildman–Crippen MR) is 42.4 cm³/mol. The standard InChI is InChI=1S/C8H18N2/c9-7-3-1-4-8(10)6-2-5-7/h7-8H,1-6,9-10H2/p+1. The molecule has 0 aromatic rings. The van der Waals surface area contributed by atoms with Crippen LogP contribution in [0, 0.1) is 0 Å². The van der Waals surface area contributed by atoms with Crippen molar-refractivity contribution in [3.63, 3.8) is 0 Å². The Kier molecular flexibility index (Phi) is 3.16. The van der Waals surface area contributed by atoms with Crippen molar-refractivity contribution >= 4 is 0 Å². The van der Waals surface area contributed by atoms with E-state index in [9.17, 15) is 0 Å². The van der Waals surface area contributed by atoms with Gasteiger partial charge in [0.15, 0.2) is 0 Å². The molecule has 0 amide bonds. The van der Waals surface area contributed by atoms with Crippen LogP contribution in [0.15, 0.2) is 0 Å². The Bertz CT molecular complexity index is 73.3. The van der Waals surface area contributed by atoms with E-state index in [0.717, 1.165) is 0 Å². The summed E-state index contributed by atoms with van der Waals surface area (Å²) in [7, 11) is 0. The van der Waals surface area contributed by atoms with Crippen molar-refractivity contribution in [2.45, 2.75) is 50.6 Å². The van der Waals surface area contributed by atoms with Gasteiger partial charge in [-0.05, 0) is 38.5 Å². The number of hydrogen-bond acceptors (Lipinski definition) is 1. The minimum atomic E-state index is 0.479. The molecule has 60 valence electrons. The van der Waals surface area contributed by atoms with Crippen LogP contribution in [0.4, 0.5) is 0 Å². The monoisotopic (exact) mass is 143 g/mol. The molecule has 0 unspecified atom stereocenters. The van der Waals surface area contributed by atoms with Crippen LogP contribution in [0.25, 0.3) is 0 Å². The largest absolute Gasteiger partial charge is 0.355 e. The quantitative estimate of drug-likeness (QED) is 0.503. The number of rotatable bonds is 0. The zero-order valence-corrected chi connectivity index (χ0v) is 6.68. The third-order valence-corrected chi connectivity index (χ3v) is 2.37. The van der Waals surface area contributed by atoms with Gasteiger partial charge >= 0.3 is 0 Å². The lowest BCUT2D eigenvalue weighted by atomic mass is 9.95. The molecule has 0 aromatic heterocycles. The molecule has 0 radical (unpaired) electrons. The van der Waals surface area contributed by atoms with Gasteiger partial charge in [-0.15, -0.1) is 0 Å². The second-order valence-corrected chi connectivity index (χ2v) is 3.49. The second kappa shape index (κ2) is 3.94. The fraction of sp³-hybridized carbons (Fsp3) is 1.00. The Morgan fingerprint density at radius 3 is 2.00 bits per heavy atom. The molecular formula is C8H19N2+. The third kappa shape index (κ3) is 2.67. The number of hydrogen-bond donors (Lipinski definition) is 2. The Balaban J connectivity index is 2.21. The predicted octanol–water partition coefficient (Wildman–Crippen LogP) is 0.278. The van der Waals surface area contributed by atoms with Gasteiger partial charge in [-0.2, -0.15) is 0 Å². The molecule has 1 fully saturated rings. The molecule has 1 saturated carbocycles. The summed E-state index contributed by atoms with van der Waals surface area (Å²) in [6, 6.07) is 1.18. The maximum absolute atomic E-state index is 5.83. The van der Waals surface area contributed by atoms with Crippen LogP contribution in [0.3, 0.4) is 0 Å². The van der Waals surface area contributed by atoms with Crippen LogP contribution in [0.1, 0.15) is 38.5 Å². The van der Waals surface area contributed by atoms with Crippen LogP contribution in [0.2, 0.25) is 0 Å². The van der Waals surface area contributed by atoms with Crippen molar-refractivity contribution < 1.29 is 5.73 Å². The lowest BCUT2D eigenvalue weighted by molar-refractivity contribution is -0.423. The Hall–Kier alpha value is -0.0800. The normalized spacial score (nSPS) is 36.6. The van der Waals surface area contributed by atoms with Crippen molar-refractivity contribution in [1.29, 1.82) is 0 Å². The molecule has 1 aliphatic carbocycles. The second-order valence-electron chi connectivity index (χ2n) is 3.49. The van der Waals surface area contributed by atoms with Gasteiger partial charge in [0.2, 0.25) is 0 Å². The zero-order chi connectivity index (χ0) is 7.40. The zero-order valence-electron chi connectivity index (χ0n) is 6.68. The van der Waals surface area contributed by atoms with Gasteiger partial charge in [0.25, 0.3) is 0 Å². The molecule has 0 atom stereocenters. The number of nitrogens with two attached hydrogens (primary N) is 1. The molecule has 5 N–H and O–H groups in total. The van der Waals surface area contributed by atoms with Gasteiger partial charge < -0.3 is 11.5 Å². The van der Waals surface area contributed by atoms with Crippen molar-refractivity contribution in [2.24, 2.45) is 5.73 Å². The molecular weight excluding hydrogens is 124 g/mol. The third-order valence-electron chi connectivity index (χ3n) is 2.37. The van der Waals surface area contributed by atoms with Crippen LogP contribution in [0.5, 0.6) is 0 Å². The minimum Gasteiger partial charge on any atom is -0.355 e. The average molecular weight is 143 g/mol. The molecule has 2 nitrogen and oxygen atoms in total. The van der Waals surface area contributed by atoms with Gasteiger partial charge in [-0.25, -0.2) is 0 Å². The van der Waals surface area contributed by atoms with Crippen molar-refractivity contribution in [1.82, 2.24) is 0 Å². The smallest absolute Gasteiger partial charge is 0.0843 e. The molecule has 0 spiro atoms. The fourth-order valence-electron chi connectivity index (χ4n) is 1.63. The summed E-state index contributed by atoms with van der Waals surface area (Å²) < 4.78 is 0. The highest BCUT2D eigenvalue weighted by molar-refractivity contribution is 4.68. The Morgan fingerprint density at radius 2 is 1.50 bits per heavy atom. The van der Waals surface area contributed by atoms with Crippen LogP contribution in [-0.4, -0.2) is 12.1 Å². The summed E-state index contributed by atoms with van der Waals surface area (Å²) in [5, 5.41) is 0. The van der Waals surface area contributed by atoms with E-state index >= 15 is 0 Å². The first-order valence-corrected chi connectivity index (χ1v) is 4.37. The van der Waals surface area contributed by atoms with E-state index in [4.69, 9.17) is 5.73 Å². The highest BCUT2D eigenvalue weighted by atomic mass is 14.7. The summed E-state index contributed by atoms with van der Waals surface area (Å²) in [4.78, 5) is 0. The molecule has 0 heterocycles. The van der Waals surface area contributed by atoms with Crippen molar-refractivity contribution in [3.05, 3.63) is 0 Å². The van der Waals surface area contributed by atoms with Gasteiger partial charge in [0.1, 0.15) is 0 Å². The molecule has 10 heavy (non-hydrogen) atoms. The van der Waals surface area contributed by atoms with E-state index in [1.807, 2.05) is 0 Å². The van der Waals surface area contributed by atoms with Crippen LogP contribution >= 0.6 is 0 Å². The molecule has 1 aliphatic rings. The van der Waals surface area contributed by atoms with E-state index in [-0.39, 0.29) is 0 Å². The molecule has 0 aliphatic heterocycles. The minimum absolute atomic E-state index is 0.479. The summed E-state index contributed by atoms with van der Waals surface area (Å²) in [6.07, 6.45) is 7.57. The van der Waals surface area contributed by atoms with E-state index in [1.54, 1.807) is 0 Å². The van der Waals surface area contributed by atoms with Gasteiger partial charge in [-0.3, -0.25) is 0 Å². The van der Waals surface area contributed by atoms with Crippen LogP contribution < -0.4 is 11.5 Å². The first-order chi connectivity index (χ1) is 4.79. The van der Waals surface area contributed by atoms with Gasteiger partial charge in [0.05, 0.1) is 6.04 Å². The summed E-state index contributed by atoms with van der Waals surface area (Å²) in [5.74, 6) is 0. The fourth-order valence-corrected chi connectivity index (χ4v) is 1.63. The van der Waals surface area contributed by atoms with Crippen molar-refractivity contribution in [2.75, 3.05) is 0 Å². The first-order valence-electron chi connectivity index (χ1n) is 4.37. The van der Waals surface area contributed by atoms with E-state index in [0.29, 0.717) is 12.1 Å². The highest BCUT2D eigenvalue weighted by Gasteiger charge is 2.12. The SMILES string of the molecule is NC1CCCC([NH3+])CCC1. The van der Waals surface area contributed by atoms with E-state index in [1.165, 1.54) is 38.5 Å². The van der Waals surface area contributed by atoms with E-state index < -0.39 is 0 Å². The number of quaternary nitrogens is 1. The van der Waals surface area contributed by atoms with Gasteiger partial charge in [0, 0.05) is 6.04 Å². The summed E-state index contributed by atoms with van der Waals surface area (Å²) >= 11 is 0. The molecule has 0 bridgehead atoms. The average Bonchev–Trinajstić information content (AvgIpc) is 1.84. The highest BCUT2D eigenvalue weighted by Crippen LogP contribution is 2.13. The lowest BCUT2D eigenvalue weighted by Gasteiger charge is -2.17. The van der Waals surface area contributed by atoms with Crippen molar-refractivity contribution in [3.8, 4) is 0 Å². The molecule has 1 rings (SSSR count).